The number of nitro benzene ring substituents is 1. The second-order valence-corrected chi connectivity index (χ2v) is 9.97. The lowest BCUT2D eigenvalue weighted by molar-refractivity contribution is -0.384. The van der Waals surface area contributed by atoms with Crippen molar-refractivity contribution in [3.05, 3.63) is 101 Å². The fourth-order valence-electron chi connectivity index (χ4n) is 3.89. The zero-order valence-electron chi connectivity index (χ0n) is 19.4. The highest BCUT2D eigenvalue weighted by Gasteiger charge is 2.19. The molecular weight excluding hydrogens is 480 g/mol. The highest BCUT2D eigenvalue weighted by molar-refractivity contribution is 7.89. The molecule has 1 aromatic heterocycles. The van der Waals surface area contributed by atoms with Gasteiger partial charge in [0, 0.05) is 48.4 Å². The lowest BCUT2D eigenvalue weighted by Crippen LogP contribution is -2.32. The largest absolute Gasteiger partial charge is 0.388 e. The number of fused-ring (bicyclic) bond motifs is 1. The maximum Gasteiger partial charge on any atom is 0.269 e. The van der Waals surface area contributed by atoms with Crippen molar-refractivity contribution in [2.24, 2.45) is 0 Å². The molecule has 1 atom stereocenters. The Morgan fingerprint density at radius 3 is 2.42 bits per heavy atom. The van der Waals surface area contributed by atoms with Crippen LogP contribution in [0.25, 0.3) is 21.9 Å². The minimum Gasteiger partial charge on any atom is -0.388 e. The third-order valence-electron chi connectivity index (χ3n) is 5.79. The van der Waals surface area contributed by atoms with E-state index in [9.17, 15) is 23.6 Å². The molecule has 1 unspecified atom stereocenters. The zero-order valence-corrected chi connectivity index (χ0v) is 20.2. The first-order valence-corrected chi connectivity index (χ1v) is 12.9. The number of hydrogen-bond donors (Lipinski definition) is 3. The van der Waals surface area contributed by atoms with Crippen LogP contribution in [-0.4, -0.2) is 43.1 Å². The minimum atomic E-state index is -3.80. The van der Waals surface area contributed by atoms with Gasteiger partial charge in [0.25, 0.3) is 5.69 Å². The van der Waals surface area contributed by atoms with Gasteiger partial charge in [0.05, 0.1) is 15.9 Å². The van der Waals surface area contributed by atoms with Crippen LogP contribution in [0.1, 0.15) is 18.1 Å². The zero-order chi connectivity index (χ0) is 25.5. The molecular formula is C26H26N4O5S. The molecule has 36 heavy (non-hydrogen) atoms. The number of aromatic nitrogens is 1. The molecule has 0 aliphatic rings. The predicted molar refractivity (Wildman–Crippen MR) is 138 cm³/mol. The van der Waals surface area contributed by atoms with Gasteiger partial charge < -0.3 is 10.4 Å². The third-order valence-corrected chi connectivity index (χ3v) is 7.29. The number of non-ortho nitro benzene ring substituents is 1. The second kappa shape index (κ2) is 11.4. The quantitative estimate of drug-likeness (QED) is 0.160. The molecule has 3 aromatic carbocycles. The normalized spacial score (nSPS) is 12.5. The number of rotatable bonds is 11. The van der Waals surface area contributed by atoms with E-state index in [-0.39, 0.29) is 17.1 Å². The molecule has 4 rings (SSSR count). The topological polar surface area (TPSA) is 134 Å². The molecule has 0 aliphatic carbocycles. The molecule has 3 N–H and O–H groups in total. The Morgan fingerprint density at radius 1 is 0.944 bits per heavy atom. The van der Waals surface area contributed by atoms with Crippen LogP contribution in [0.15, 0.2) is 90.1 Å². The summed E-state index contributed by atoms with van der Waals surface area (Å²) in [6, 6.07) is 20.6. The Hall–Kier alpha value is -3.70. The van der Waals surface area contributed by atoms with E-state index in [1.54, 1.807) is 24.5 Å². The molecule has 0 saturated carbocycles. The summed E-state index contributed by atoms with van der Waals surface area (Å²) in [5.74, 6) is 0. The molecule has 9 nitrogen and oxygen atoms in total. The van der Waals surface area contributed by atoms with Crippen molar-refractivity contribution in [3.63, 3.8) is 0 Å². The van der Waals surface area contributed by atoms with Crippen LogP contribution in [-0.2, 0) is 10.0 Å². The Morgan fingerprint density at radius 2 is 1.69 bits per heavy atom. The number of hydrogen-bond acceptors (Lipinski definition) is 7. The number of pyridine rings is 1. The molecule has 0 radical (unpaired) electrons. The van der Waals surface area contributed by atoms with Crippen LogP contribution in [0.3, 0.4) is 0 Å². The SMILES string of the molecule is O=[N+]([O-])c1ccc(C(O)CCNCCNS(=O)(=O)c2cc(-c3ccccc3)cc3cnccc23)cc1. The standard InChI is InChI=1S/C26H26N4O5S/c31-25(20-6-8-23(9-7-20)30(32)33)11-13-27-14-15-29-36(34,35)26-17-21(19-4-2-1-3-5-19)16-22-18-28-12-10-24(22)26/h1-10,12,16-18,25,27,29,31H,11,13-15H2. The van der Waals surface area contributed by atoms with Crippen molar-refractivity contribution in [1.29, 1.82) is 0 Å². The van der Waals surface area contributed by atoms with Gasteiger partial charge >= 0.3 is 0 Å². The number of aliphatic hydroxyl groups is 1. The van der Waals surface area contributed by atoms with E-state index in [2.05, 4.69) is 15.0 Å². The van der Waals surface area contributed by atoms with Gasteiger partial charge in [-0.1, -0.05) is 30.3 Å². The van der Waals surface area contributed by atoms with Gasteiger partial charge in [-0.15, -0.1) is 0 Å². The van der Waals surface area contributed by atoms with E-state index in [4.69, 9.17) is 0 Å². The molecule has 0 aliphatic heterocycles. The molecule has 0 spiro atoms. The number of aliphatic hydroxyl groups excluding tert-OH is 1. The van der Waals surface area contributed by atoms with Crippen LogP contribution < -0.4 is 10.0 Å². The van der Waals surface area contributed by atoms with Gasteiger partial charge in [-0.25, -0.2) is 13.1 Å². The van der Waals surface area contributed by atoms with Crippen LogP contribution in [0.4, 0.5) is 5.69 Å². The van der Waals surface area contributed by atoms with E-state index in [0.29, 0.717) is 30.5 Å². The Balaban J connectivity index is 1.35. The summed E-state index contributed by atoms with van der Waals surface area (Å²) in [7, 11) is -3.80. The number of benzene rings is 3. The van der Waals surface area contributed by atoms with Crippen LogP contribution in [0, 0.1) is 10.1 Å². The molecule has 10 heteroatoms. The third kappa shape index (κ3) is 6.10. The molecule has 0 fully saturated rings. The lowest BCUT2D eigenvalue weighted by Gasteiger charge is -2.13. The van der Waals surface area contributed by atoms with Gasteiger partial charge in [0.1, 0.15) is 0 Å². The van der Waals surface area contributed by atoms with E-state index >= 15 is 0 Å². The molecule has 0 bridgehead atoms. The van der Waals surface area contributed by atoms with Gasteiger partial charge in [-0.2, -0.15) is 0 Å². The first kappa shape index (κ1) is 25.4. The average Bonchev–Trinajstić information content (AvgIpc) is 2.90. The number of nitro groups is 1. The average molecular weight is 507 g/mol. The lowest BCUT2D eigenvalue weighted by atomic mass is 10.0. The van der Waals surface area contributed by atoms with Crippen molar-refractivity contribution in [2.75, 3.05) is 19.6 Å². The smallest absolute Gasteiger partial charge is 0.269 e. The van der Waals surface area contributed by atoms with Crippen molar-refractivity contribution in [1.82, 2.24) is 15.0 Å². The van der Waals surface area contributed by atoms with Crippen molar-refractivity contribution in [3.8, 4) is 11.1 Å². The van der Waals surface area contributed by atoms with Crippen molar-refractivity contribution >= 4 is 26.5 Å². The maximum absolute atomic E-state index is 13.2. The number of nitrogens with one attached hydrogen (secondary N) is 2. The summed E-state index contributed by atoms with van der Waals surface area (Å²) in [6.07, 6.45) is 2.82. The Kier molecular flexibility index (Phi) is 8.01. The van der Waals surface area contributed by atoms with E-state index in [1.807, 2.05) is 36.4 Å². The first-order chi connectivity index (χ1) is 17.3. The second-order valence-electron chi connectivity index (χ2n) is 8.24. The fraction of sp³-hybridized carbons (Fsp3) is 0.192. The molecule has 0 saturated heterocycles. The maximum atomic E-state index is 13.2. The minimum absolute atomic E-state index is 0.0327. The van der Waals surface area contributed by atoms with Gasteiger partial charge in [-0.3, -0.25) is 15.1 Å². The van der Waals surface area contributed by atoms with Crippen molar-refractivity contribution < 1.29 is 18.4 Å². The number of sulfonamides is 1. The highest BCUT2D eigenvalue weighted by Crippen LogP contribution is 2.30. The first-order valence-electron chi connectivity index (χ1n) is 11.4. The van der Waals surface area contributed by atoms with Crippen LogP contribution >= 0.6 is 0 Å². The fourth-order valence-corrected chi connectivity index (χ4v) is 5.18. The van der Waals surface area contributed by atoms with Gasteiger partial charge in [0.15, 0.2) is 0 Å². The summed E-state index contributed by atoms with van der Waals surface area (Å²) < 4.78 is 29.0. The van der Waals surface area contributed by atoms with Crippen LogP contribution in [0.2, 0.25) is 0 Å². The van der Waals surface area contributed by atoms with Gasteiger partial charge in [0.2, 0.25) is 10.0 Å². The molecule has 186 valence electrons. The molecule has 0 amide bonds. The summed E-state index contributed by atoms with van der Waals surface area (Å²) in [4.78, 5) is 14.6. The Labute approximate surface area is 209 Å². The number of nitrogens with zero attached hydrogens (tertiary/aromatic N) is 2. The highest BCUT2D eigenvalue weighted by atomic mass is 32.2. The monoisotopic (exact) mass is 506 g/mol. The summed E-state index contributed by atoms with van der Waals surface area (Å²) in [6.45, 7) is 0.972. The van der Waals surface area contributed by atoms with E-state index in [1.165, 1.54) is 24.3 Å². The summed E-state index contributed by atoms with van der Waals surface area (Å²) >= 11 is 0. The predicted octanol–water partition coefficient (Wildman–Crippen LogP) is 3.80. The summed E-state index contributed by atoms with van der Waals surface area (Å²) in [5.41, 5.74) is 2.25. The summed E-state index contributed by atoms with van der Waals surface area (Å²) in [5, 5.41) is 25.5. The van der Waals surface area contributed by atoms with Crippen molar-refractivity contribution in [2.45, 2.75) is 17.4 Å². The van der Waals surface area contributed by atoms with E-state index < -0.39 is 21.1 Å². The van der Waals surface area contributed by atoms with Gasteiger partial charge in [-0.05, 0) is 60.0 Å². The van der Waals surface area contributed by atoms with Crippen LogP contribution in [0.5, 0.6) is 0 Å². The Bertz CT molecular complexity index is 1440. The van der Waals surface area contributed by atoms with E-state index in [0.717, 1.165) is 16.5 Å². The molecule has 4 aromatic rings. The molecule has 1 heterocycles.